The number of amides is 1. The summed E-state index contributed by atoms with van der Waals surface area (Å²) in [6.45, 7) is -2.94. The zero-order valence-electron chi connectivity index (χ0n) is 13.3. The van der Waals surface area contributed by atoms with Crippen LogP contribution < -0.4 is 10.1 Å². The fraction of sp³-hybridized carbons (Fsp3) is 0.111. The third-order valence-electron chi connectivity index (χ3n) is 3.38. The van der Waals surface area contributed by atoms with Gasteiger partial charge in [0.2, 0.25) is 5.91 Å². The van der Waals surface area contributed by atoms with Gasteiger partial charge in [0.1, 0.15) is 11.6 Å². The summed E-state index contributed by atoms with van der Waals surface area (Å²) < 4.78 is 42.7. The number of thiazole rings is 1. The monoisotopic (exact) mass is 378 g/mol. The van der Waals surface area contributed by atoms with Crippen LogP contribution in [-0.2, 0) is 11.2 Å². The van der Waals surface area contributed by atoms with Crippen LogP contribution in [0.3, 0.4) is 0 Å². The van der Waals surface area contributed by atoms with Gasteiger partial charge in [-0.05, 0) is 29.8 Å². The maximum Gasteiger partial charge on any atom is 0.387 e. The van der Waals surface area contributed by atoms with Gasteiger partial charge >= 0.3 is 6.61 Å². The molecule has 0 atom stereocenters. The Balaban J connectivity index is 1.71. The molecule has 0 spiro atoms. The molecular formula is C18H13F3N2O2S. The molecule has 0 aliphatic heterocycles. The van der Waals surface area contributed by atoms with Crippen LogP contribution in [0.5, 0.6) is 5.75 Å². The number of rotatable bonds is 6. The maximum atomic E-state index is 13.2. The molecule has 0 saturated heterocycles. The number of benzene rings is 2. The van der Waals surface area contributed by atoms with E-state index in [1.165, 1.54) is 24.3 Å². The molecule has 2 aromatic carbocycles. The lowest BCUT2D eigenvalue weighted by Crippen LogP contribution is -2.14. The van der Waals surface area contributed by atoms with E-state index < -0.39 is 12.4 Å². The van der Waals surface area contributed by atoms with Crippen LogP contribution in [0.15, 0.2) is 53.9 Å². The average Bonchev–Trinajstić information content (AvgIpc) is 3.03. The molecule has 1 aromatic heterocycles. The molecule has 8 heteroatoms. The Morgan fingerprint density at radius 1 is 1.19 bits per heavy atom. The Kier molecular flexibility index (Phi) is 5.52. The second kappa shape index (κ2) is 8.01. The third-order valence-corrected chi connectivity index (χ3v) is 4.14. The van der Waals surface area contributed by atoms with Gasteiger partial charge in [0.05, 0.1) is 12.1 Å². The van der Waals surface area contributed by atoms with Crippen molar-refractivity contribution in [1.29, 1.82) is 0 Å². The minimum absolute atomic E-state index is 0.00223. The SMILES string of the molecule is O=C(Cc1cccc(F)c1)Nc1nc(-c2ccccc2OC(F)F)cs1. The van der Waals surface area contributed by atoms with E-state index >= 15 is 0 Å². The number of hydrogen-bond donors (Lipinski definition) is 1. The van der Waals surface area contributed by atoms with E-state index in [1.807, 2.05) is 0 Å². The van der Waals surface area contributed by atoms with E-state index in [9.17, 15) is 18.0 Å². The summed E-state index contributed by atoms with van der Waals surface area (Å²) in [5.74, 6) is -0.762. The van der Waals surface area contributed by atoms with Crippen LogP contribution >= 0.6 is 11.3 Å². The van der Waals surface area contributed by atoms with Crippen molar-refractivity contribution in [2.75, 3.05) is 5.32 Å². The Hall–Kier alpha value is -2.87. The topological polar surface area (TPSA) is 51.2 Å². The minimum Gasteiger partial charge on any atom is -0.434 e. The summed E-state index contributed by atoms with van der Waals surface area (Å²) in [5, 5.41) is 4.56. The first kappa shape index (κ1) is 17.9. The van der Waals surface area contributed by atoms with E-state index in [-0.39, 0.29) is 18.1 Å². The number of anilines is 1. The predicted molar refractivity (Wildman–Crippen MR) is 92.9 cm³/mol. The van der Waals surface area contributed by atoms with Crippen LogP contribution in [0.4, 0.5) is 18.3 Å². The van der Waals surface area contributed by atoms with Gasteiger partial charge in [-0.3, -0.25) is 4.79 Å². The third kappa shape index (κ3) is 4.60. The van der Waals surface area contributed by atoms with Gasteiger partial charge in [-0.25, -0.2) is 9.37 Å². The predicted octanol–water partition coefficient (Wildman–Crippen LogP) is 4.73. The highest BCUT2D eigenvalue weighted by Gasteiger charge is 2.14. The molecule has 0 saturated carbocycles. The molecule has 134 valence electrons. The summed E-state index contributed by atoms with van der Waals surface area (Å²) in [6, 6.07) is 12.0. The summed E-state index contributed by atoms with van der Waals surface area (Å²) >= 11 is 1.15. The molecule has 1 amide bonds. The number of nitrogens with zero attached hydrogens (tertiary/aromatic N) is 1. The number of alkyl halides is 2. The summed E-state index contributed by atoms with van der Waals surface area (Å²) in [5.41, 5.74) is 1.34. The first-order chi connectivity index (χ1) is 12.5. The van der Waals surface area contributed by atoms with E-state index in [0.29, 0.717) is 22.0 Å². The van der Waals surface area contributed by atoms with Crippen molar-refractivity contribution in [2.24, 2.45) is 0 Å². The Bertz CT molecular complexity index is 915. The van der Waals surface area contributed by atoms with Crippen LogP contribution in [0.25, 0.3) is 11.3 Å². The molecule has 0 fully saturated rings. The Morgan fingerprint density at radius 3 is 2.77 bits per heavy atom. The lowest BCUT2D eigenvalue weighted by atomic mass is 10.1. The highest BCUT2D eigenvalue weighted by Crippen LogP contribution is 2.33. The Morgan fingerprint density at radius 2 is 2.00 bits per heavy atom. The molecule has 3 rings (SSSR count). The van der Waals surface area contributed by atoms with Gasteiger partial charge < -0.3 is 10.1 Å². The molecule has 0 bridgehead atoms. The van der Waals surface area contributed by atoms with Crippen molar-refractivity contribution >= 4 is 22.4 Å². The van der Waals surface area contributed by atoms with E-state index in [2.05, 4.69) is 15.0 Å². The number of hydrogen-bond acceptors (Lipinski definition) is 4. The molecule has 1 heterocycles. The number of aromatic nitrogens is 1. The summed E-state index contributed by atoms with van der Waals surface area (Å²) in [7, 11) is 0. The zero-order chi connectivity index (χ0) is 18.5. The standard InChI is InChI=1S/C18H13F3N2O2S/c19-12-5-3-4-11(8-12)9-16(24)23-18-22-14(10-26-18)13-6-1-2-7-15(13)25-17(20)21/h1-8,10,17H,9H2,(H,22,23,24). The van der Waals surface area contributed by atoms with Gasteiger partial charge in [0.15, 0.2) is 5.13 Å². The first-order valence-electron chi connectivity index (χ1n) is 7.55. The largest absolute Gasteiger partial charge is 0.434 e. The van der Waals surface area contributed by atoms with Crippen LogP contribution in [-0.4, -0.2) is 17.5 Å². The molecule has 0 radical (unpaired) electrons. The van der Waals surface area contributed by atoms with Gasteiger partial charge in [-0.2, -0.15) is 8.78 Å². The van der Waals surface area contributed by atoms with Crippen molar-refractivity contribution in [2.45, 2.75) is 13.0 Å². The van der Waals surface area contributed by atoms with Crippen molar-refractivity contribution < 1.29 is 22.7 Å². The maximum absolute atomic E-state index is 13.2. The molecule has 3 aromatic rings. The molecule has 4 nitrogen and oxygen atoms in total. The van der Waals surface area contributed by atoms with Gasteiger partial charge in [0, 0.05) is 10.9 Å². The van der Waals surface area contributed by atoms with Gasteiger partial charge in [-0.15, -0.1) is 11.3 Å². The summed E-state index contributed by atoms with van der Waals surface area (Å²) in [6.07, 6.45) is -0.00223. The fourth-order valence-corrected chi connectivity index (χ4v) is 3.05. The van der Waals surface area contributed by atoms with E-state index in [4.69, 9.17) is 0 Å². The van der Waals surface area contributed by atoms with Crippen molar-refractivity contribution in [1.82, 2.24) is 4.98 Å². The van der Waals surface area contributed by atoms with Crippen LogP contribution in [0.2, 0.25) is 0 Å². The number of carbonyl (C=O) groups excluding carboxylic acids is 1. The van der Waals surface area contributed by atoms with Crippen LogP contribution in [0, 0.1) is 5.82 Å². The van der Waals surface area contributed by atoms with Crippen molar-refractivity contribution in [3.63, 3.8) is 0 Å². The highest BCUT2D eigenvalue weighted by atomic mass is 32.1. The first-order valence-corrected chi connectivity index (χ1v) is 8.43. The number of halogens is 3. The minimum atomic E-state index is -2.94. The number of nitrogens with one attached hydrogen (secondary N) is 1. The van der Waals surface area contributed by atoms with Gasteiger partial charge in [0.25, 0.3) is 0 Å². The number of carbonyl (C=O) groups is 1. The smallest absolute Gasteiger partial charge is 0.387 e. The molecular weight excluding hydrogens is 365 g/mol. The quantitative estimate of drug-likeness (QED) is 0.675. The second-order valence-corrected chi connectivity index (χ2v) is 6.13. The van der Waals surface area contributed by atoms with Crippen molar-refractivity contribution in [3.05, 3.63) is 65.3 Å². The lowest BCUT2D eigenvalue weighted by molar-refractivity contribution is -0.115. The zero-order valence-corrected chi connectivity index (χ0v) is 14.1. The highest BCUT2D eigenvalue weighted by molar-refractivity contribution is 7.14. The molecule has 0 aliphatic rings. The fourth-order valence-electron chi connectivity index (χ4n) is 2.33. The van der Waals surface area contributed by atoms with E-state index in [1.54, 1.807) is 29.6 Å². The molecule has 0 unspecified atom stereocenters. The Labute approximate surface area is 151 Å². The second-order valence-electron chi connectivity index (χ2n) is 5.27. The normalized spacial score (nSPS) is 10.8. The average molecular weight is 378 g/mol. The number of ether oxygens (including phenoxy) is 1. The lowest BCUT2D eigenvalue weighted by Gasteiger charge is -2.08. The van der Waals surface area contributed by atoms with E-state index in [0.717, 1.165) is 11.3 Å². The van der Waals surface area contributed by atoms with Crippen molar-refractivity contribution in [3.8, 4) is 17.0 Å². The molecule has 0 aliphatic carbocycles. The molecule has 26 heavy (non-hydrogen) atoms. The van der Waals surface area contributed by atoms with Gasteiger partial charge in [-0.1, -0.05) is 24.3 Å². The summed E-state index contributed by atoms with van der Waals surface area (Å²) in [4.78, 5) is 16.3. The number of para-hydroxylation sites is 1. The van der Waals surface area contributed by atoms with Crippen LogP contribution in [0.1, 0.15) is 5.56 Å². The molecule has 1 N–H and O–H groups in total.